The summed E-state index contributed by atoms with van der Waals surface area (Å²) < 4.78 is 0. The van der Waals surface area contributed by atoms with Crippen molar-refractivity contribution >= 4 is 40.7 Å². The average Bonchev–Trinajstić information content (AvgIpc) is 3.06. The Kier molecular flexibility index (Phi) is 5.05. The molecule has 28 heavy (non-hydrogen) atoms. The van der Waals surface area contributed by atoms with E-state index in [1.807, 2.05) is 29.2 Å². The topological polar surface area (TPSA) is 60.9 Å². The molecule has 6 nitrogen and oxygen atoms in total. The van der Waals surface area contributed by atoms with Gasteiger partial charge in [-0.2, -0.15) is 0 Å². The number of imide groups is 1. The number of amides is 3. The summed E-state index contributed by atoms with van der Waals surface area (Å²) in [5.74, 6) is -0.432. The molecule has 2 saturated heterocycles. The van der Waals surface area contributed by atoms with Gasteiger partial charge in [0.25, 0.3) is 5.91 Å². The van der Waals surface area contributed by atoms with Crippen molar-refractivity contribution in [1.29, 1.82) is 0 Å². The molecular weight excluding hydrogens is 378 g/mol. The minimum Gasteiger partial charge on any atom is -0.368 e. The van der Waals surface area contributed by atoms with E-state index in [2.05, 4.69) is 4.90 Å². The number of benzene rings is 2. The van der Waals surface area contributed by atoms with E-state index >= 15 is 0 Å². The third kappa shape index (κ3) is 3.60. The number of piperazine rings is 1. The molecule has 0 saturated carbocycles. The zero-order chi connectivity index (χ0) is 19.7. The first-order valence-corrected chi connectivity index (χ1v) is 9.66. The highest BCUT2D eigenvalue weighted by Gasteiger charge is 2.30. The molecule has 0 radical (unpaired) electrons. The first-order chi connectivity index (χ1) is 13.5. The van der Waals surface area contributed by atoms with Crippen LogP contribution in [-0.2, 0) is 9.59 Å². The molecule has 0 unspecified atom stereocenters. The number of carbonyl (C=O) groups excluding carboxylic acids is 3. The Bertz CT molecular complexity index is 905. The maximum absolute atomic E-state index is 12.8. The highest BCUT2D eigenvalue weighted by atomic mass is 35.5. The zero-order valence-electron chi connectivity index (χ0n) is 15.3. The second-order valence-electron chi connectivity index (χ2n) is 6.93. The van der Waals surface area contributed by atoms with Gasteiger partial charge in [0.15, 0.2) is 0 Å². The van der Waals surface area contributed by atoms with Gasteiger partial charge in [0.05, 0.1) is 5.69 Å². The number of nitrogens with zero attached hydrogens (tertiary/aromatic N) is 3. The Morgan fingerprint density at radius 2 is 1.46 bits per heavy atom. The largest absolute Gasteiger partial charge is 0.368 e. The van der Waals surface area contributed by atoms with Crippen molar-refractivity contribution < 1.29 is 14.4 Å². The maximum atomic E-state index is 12.8. The molecule has 2 aromatic rings. The molecular formula is C21H20ClN3O3. The molecule has 0 spiro atoms. The van der Waals surface area contributed by atoms with Crippen molar-refractivity contribution in [3.05, 3.63) is 59.1 Å². The predicted molar refractivity (Wildman–Crippen MR) is 108 cm³/mol. The van der Waals surface area contributed by atoms with Gasteiger partial charge in [-0.1, -0.05) is 17.7 Å². The molecule has 144 valence electrons. The van der Waals surface area contributed by atoms with Crippen LogP contribution in [0.1, 0.15) is 23.2 Å². The number of hydrogen-bond acceptors (Lipinski definition) is 4. The second-order valence-corrected chi connectivity index (χ2v) is 7.37. The molecule has 2 aromatic carbocycles. The minimum absolute atomic E-state index is 0.0450. The van der Waals surface area contributed by atoms with E-state index in [0.29, 0.717) is 29.4 Å². The summed E-state index contributed by atoms with van der Waals surface area (Å²) in [6.45, 7) is 2.72. The van der Waals surface area contributed by atoms with Crippen molar-refractivity contribution in [3.8, 4) is 0 Å². The molecule has 4 rings (SSSR count). The van der Waals surface area contributed by atoms with Crippen molar-refractivity contribution in [2.24, 2.45) is 0 Å². The van der Waals surface area contributed by atoms with E-state index in [-0.39, 0.29) is 30.6 Å². The minimum atomic E-state index is -0.193. The molecule has 0 atom stereocenters. The van der Waals surface area contributed by atoms with E-state index in [9.17, 15) is 14.4 Å². The lowest BCUT2D eigenvalue weighted by atomic mass is 10.1. The fraction of sp³-hybridized carbons (Fsp3) is 0.286. The van der Waals surface area contributed by atoms with Gasteiger partial charge < -0.3 is 9.80 Å². The highest BCUT2D eigenvalue weighted by molar-refractivity contribution is 6.30. The normalized spacial score (nSPS) is 17.4. The van der Waals surface area contributed by atoms with Gasteiger partial charge >= 0.3 is 0 Å². The Morgan fingerprint density at radius 1 is 0.821 bits per heavy atom. The second kappa shape index (κ2) is 7.64. The van der Waals surface area contributed by atoms with Gasteiger partial charge in [-0.15, -0.1) is 0 Å². The molecule has 0 N–H and O–H groups in total. The summed E-state index contributed by atoms with van der Waals surface area (Å²) in [4.78, 5) is 41.7. The summed E-state index contributed by atoms with van der Waals surface area (Å²) in [7, 11) is 0. The smallest absolute Gasteiger partial charge is 0.253 e. The van der Waals surface area contributed by atoms with Gasteiger partial charge in [-0.25, -0.2) is 0 Å². The molecule has 0 bridgehead atoms. The van der Waals surface area contributed by atoms with Crippen molar-refractivity contribution in [1.82, 2.24) is 4.90 Å². The van der Waals surface area contributed by atoms with Gasteiger partial charge in [0.2, 0.25) is 11.8 Å². The summed E-state index contributed by atoms with van der Waals surface area (Å²) in [5.41, 5.74) is 2.14. The summed E-state index contributed by atoms with van der Waals surface area (Å²) in [6.07, 6.45) is 0.493. The predicted octanol–water partition coefficient (Wildman–Crippen LogP) is 2.96. The van der Waals surface area contributed by atoms with Gasteiger partial charge in [0, 0.05) is 55.3 Å². The van der Waals surface area contributed by atoms with Gasteiger partial charge in [-0.3, -0.25) is 19.3 Å². The van der Waals surface area contributed by atoms with Crippen LogP contribution in [0, 0.1) is 0 Å². The third-order valence-corrected chi connectivity index (χ3v) is 5.40. The van der Waals surface area contributed by atoms with Crippen LogP contribution in [0.25, 0.3) is 0 Å². The number of anilines is 2. The lowest BCUT2D eigenvalue weighted by molar-refractivity contribution is -0.121. The third-order valence-electron chi connectivity index (χ3n) is 5.16. The maximum Gasteiger partial charge on any atom is 0.253 e. The van der Waals surface area contributed by atoms with Crippen LogP contribution in [0.5, 0.6) is 0 Å². The fourth-order valence-corrected chi connectivity index (χ4v) is 3.83. The van der Waals surface area contributed by atoms with Crippen LogP contribution < -0.4 is 9.80 Å². The van der Waals surface area contributed by atoms with Crippen LogP contribution >= 0.6 is 11.6 Å². The lowest BCUT2D eigenvalue weighted by Crippen LogP contribution is -2.48. The van der Waals surface area contributed by atoms with Crippen LogP contribution in [0.15, 0.2) is 48.5 Å². The van der Waals surface area contributed by atoms with Crippen molar-refractivity contribution in [3.63, 3.8) is 0 Å². The number of carbonyl (C=O) groups is 3. The first kappa shape index (κ1) is 18.5. The number of hydrogen-bond donors (Lipinski definition) is 0. The van der Waals surface area contributed by atoms with E-state index in [0.717, 1.165) is 18.8 Å². The molecule has 0 aliphatic carbocycles. The van der Waals surface area contributed by atoms with Crippen molar-refractivity contribution in [2.75, 3.05) is 36.0 Å². The Morgan fingerprint density at radius 3 is 2.07 bits per heavy atom. The van der Waals surface area contributed by atoms with E-state index in [1.54, 1.807) is 24.3 Å². The summed E-state index contributed by atoms with van der Waals surface area (Å²) in [6, 6.07) is 14.4. The standard InChI is InChI=1S/C21H20ClN3O3/c22-16-2-1-3-18(14-16)23-10-12-24(13-11-23)21(28)15-4-6-17(7-5-15)25-19(26)8-9-20(25)27/h1-7,14H,8-13H2. The number of rotatable bonds is 3. The molecule has 2 aliphatic heterocycles. The van der Waals surface area contributed by atoms with Crippen LogP contribution in [0.3, 0.4) is 0 Å². The van der Waals surface area contributed by atoms with Crippen LogP contribution in [-0.4, -0.2) is 48.8 Å². The average molecular weight is 398 g/mol. The summed E-state index contributed by atoms with van der Waals surface area (Å²) >= 11 is 6.06. The molecule has 2 aliphatic rings. The van der Waals surface area contributed by atoms with Crippen LogP contribution in [0.2, 0.25) is 5.02 Å². The Hall–Kier alpha value is -2.86. The quantitative estimate of drug-likeness (QED) is 0.747. The SMILES string of the molecule is O=C(c1ccc(N2C(=O)CCC2=O)cc1)N1CCN(c2cccc(Cl)c2)CC1. The first-order valence-electron chi connectivity index (χ1n) is 9.28. The molecule has 7 heteroatoms. The van der Waals surface area contributed by atoms with Gasteiger partial charge in [0.1, 0.15) is 0 Å². The monoisotopic (exact) mass is 397 g/mol. The highest BCUT2D eigenvalue weighted by Crippen LogP contribution is 2.24. The zero-order valence-corrected chi connectivity index (χ0v) is 16.1. The molecule has 3 amide bonds. The van der Waals surface area contributed by atoms with Crippen molar-refractivity contribution in [2.45, 2.75) is 12.8 Å². The Labute approximate surface area is 168 Å². The van der Waals surface area contributed by atoms with E-state index in [4.69, 9.17) is 11.6 Å². The lowest BCUT2D eigenvalue weighted by Gasteiger charge is -2.36. The van der Waals surface area contributed by atoms with Crippen LogP contribution in [0.4, 0.5) is 11.4 Å². The molecule has 0 aromatic heterocycles. The summed E-state index contributed by atoms with van der Waals surface area (Å²) in [5, 5.41) is 0.700. The van der Waals surface area contributed by atoms with E-state index in [1.165, 1.54) is 4.90 Å². The Balaban J connectivity index is 1.40. The van der Waals surface area contributed by atoms with E-state index < -0.39 is 0 Å². The molecule has 2 heterocycles. The van der Waals surface area contributed by atoms with Gasteiger partial charge in [-0.05, 0) is 42.5 Å². The fourth-order valence-electron chi connectivity index (χ4n) is 3.64. The molecule has 2 fully saturated rings. The number of halogens is 1.